The summed E-state index contributed by atoms with van der Waals surface area (Å²) < 4.78 is 0. The van der Waals surface area contributed by atoms with Crippen LogP contribution in [0.4, 0.5) is 22.9 Å². The number of hydrogen-bond donors (Lipinski definition) is 3. The third-order valence-corrected chi connectivity index (χ3v) is 8.67. The van der Waals surface area contributed by atoms with Gasteiger partial charge < -0.3 is 30.7 Å². The molecule has 0 bridgehead atoms. The highest BCUT2D eigenvalue weighted by Gasteiger charge is 2.26. The number of carbonyl (C=O) groups excluding carboxylic acids is 4. The molecule has 12 nitrogen and oxygen atoms in total. The number of likely N-dealkylation sites (tertiary alicyclic amines) is 1. The molecule has 52 heavy (non-hydrogen) atoms. The van der Waals surface area contributed by atoms with Gasteiger partial charge in [-0.2, -0.15) is 0 Å². The van der Waals surface area contributed by atoms with Crippen LogP contribution in [0.2, 0.25) is 0 Å². The molecule has 0 radical (unpaired) electrons. The molecule has 0 unspecified atom stereocenters. The number of aryl methyl sites for hydroxylation is 1. The zero-order valence-electron chi connectivity index (χ0n) is 30.1. The maximum Gasteiger partial charge on any atom is 0.253 e. The van der Waals surface area contributed by atoms with Crippen molar-refractivity contribution in [1.82, 2.24) is 24.7 Å². The molecular formula is C40H46N8O4. The third-order valence-electron chi connectivity index (χ3n) is 8.67. The topological polar surface area (TPSA) is 140 Å². The quantitative estimate of drug-likeness (QED) is 0.156. The molecule has 0 aliphatic carbocycles. The van der Waals surface area contributed by atoms with E-state index in [0.29, 0.717) is 67.3 Å². The summed E-state index contributed by atoms with van der Waals surface area (Å²) in [5.41, 5.74) is 5.32. The summed E-state index contributed by atoms with van der Waals surface area (Å²) in [7, 11) is 7.35. The minimum absolute atomic E-state index is 0.0164. The summed E-state index contributed by atoms with van der Waals surface area (Å²) >= 11 is 0. The van der Waals surface area contributed by atoms with Crippen molar-refractivity contribution in [2.24, 2.45) is 5.92 Å². The Morgan fingerprint density at radius 1 is 0.827 bits per heavy atom. The van der Waals surface area contributed by atoms with Crippen molar-refractivity contribution >= 4 is 46.5 Å². The lowest BCUT2D eigenvalue weighted by atomic mass is 9.95. The second-order valence-electron chi connectivity index (χ2n) is 13.3. The van der Waals surface area contributed by atoms with E-state index in [0.717, 1.165) is 16.7 Å². The van der Waals surface area contributed by atoms with Gasteiger partial charge in [-0.15, -0.1) is 0 Å². The zero-order chi connectivity index (χ0) is 37.0. The number of benzene rings is 2. The highest BCUT2D eigenvalue weighted by molar-refractivity contribution is 5.95. The van der Waals surface area contributed by atoms with Crippen molar-refractivity contribution in [3.8, 4) is 11.1 Å². The van der Waals surface area contributed by atoms with Gasteiger partial charge in [0.1, 0.15) is 5.82 Å². The number of pyridine rings is 2. The maximum absolute atomic E-state index is 13.0. The Balaban J connectivity index is 1.07. The molecule has 3 heterocycles. The molecule has 2 aromatic carbocycles. The van der Waals surface area contributed by atoms with Crippen molar-refractivity contribution in [1.29, 1.82) is 0 Å². The largest absolute Gasteiger partial charge is 0.345 e. The van der Waals surface area contributed by atoms with Crippen LogP contribution in [-0.4, -0.2) is 96.1 Å². The number of piperidine rings is 1. The Labute approximate surface area is 304 Å². The highest BCUT2D eigenvalue weighted by atomic mass is 16.2. The number of carbonyl (C=O) groups is 4. The molecule has 0 spiro atoms. The summed E-state index contributed by atoms with van der Waals surface area (Å²) in [5, 5.41) is 9.16. The standard InChI is InChI=1S/C40H46N8O4/c1-46(2)20-6-9-38(50)48-21-18-30(19-22-48)39(51)45-33-8-5-7-28(23-33)10-17-37(49)44-35-24-34(26-41-27-35)43-36-16-15-32(25-42-36)29-11-13-31(14-12-29)40(52)47(3)4/h5-9,11-16,23-27,30H,10,17-22H2,1-4H3,(H,42,43)(H,44,49)(H,45,51). The normalized spacial score (nSPS) is 13.2. The fourth-order valence-electron chi connectivity index (χ4n) is 5.79. The Morgan fingerprint density at radius 3 is 2.25 bits per heavy atom. The first-order valence-corrected chi connectivity index (χ1v) is 17.3. The van der Waals surface area contributed by atoms with Gasteiger partial charge >= 0.3 is 0 Å². The lowest BCUT2D eigenvalue weighted by molar-refractivity contribution is -0.130. The second kappa shape index (κ2) is 17.9. The van der Waals surface area contributed by atoms with Crippen molar-refractivity contribution in [3.63, 3.8) is 0 Å². The predicted octanol–water partition coefficient (Wildman–Crippen LogP) is 5.46. The Morgan fingerprint density at radius 2 is 1.56 bits per heavy atom. The van der Waals surface area contributed by atoms with Gasteiger partial charge in [0.25, 0.3) is 5.91 Å². The van der Waals surface area contributed by atoms with Crippen molar-refractivity contribution in [2.45, 2.75) is 25.7 Å². The van der Waals surface area contributed by atoms with E-state index in [4.69, 9.17) is 0 Å². The van der Waals surface area contributed by atoms with E-state index in [9.17, 15) is 19.2 Å². The summed E-state index contributed by atoms with van der Waals surface area (Å²) in [5.74, 6) is 0.173. The molecule has 270 valence electrons. The van der Waals surface area contributed by atoms with Crippen LogP contribution in [0.15, 0.2) is 97.5 Å². The molecule has 4 amide bonds. The van der Waals surface area contributed by atoms with Crippen LogP contribution in [-0.2, 0) is 20.8 Å². The third kappa shape index (κ3) is 10.8. The van der Waals surface area contributed by atoms with E-state index in [1.807, 2.05) is 73.6 Å². The lowest BCUT2D eigenvalue weighted by Gasteiger charge is -2.30. The number of likely N-dealkylation sites (N-methyl/N-ethyl adjacent to an activating group) is 1. The summed E-state index contributed by atoms with van der Waals surface area (Å²) in [6, 6.07) is 20.5. The molecule has 0 atom stereocenters. The van der Waals surface area contributed by atoms with Crippen LogP contribution in [0.25, 0.3) is 11.1 Å². The van der Waals surface area contributed by atoms with Gasteiger partial charge in [-0.25, -0.2) is 4.98 Å². The van der Waals surface area contributed by atoms with Gasteiger partial charge in [0, 0.05) is 75.2 Å². The highest BCUT2D eigenvalue weighted by Crippen LogP contribution is 2.24. The predicted molar refractivity (Wildman–Crippen MR) is 204 cm³/mol. The molecule has 12 heteroatoms. The molecule has 2 aromatic heterocycles. The number of anilines is 4. The number of aromatic nitrogens is 2. The molecule has 3 N–H and O–H groups in total. The molecule has 1 aliphatic heterocycles. The molecule has 1 aliphatic rings. The molecule has 1 saturated heterocycles. The van der Waals surface area contributed by atoms with E-state index in [1.54, 1.807) is 66.8 Å². The first-order chi connectivity index (χ1) is 25.0. The minimum Gasteiger partial charge on any atom is -0.345 e. The number of amides is 4. The van der Waals surface area contributed by atoms with Gasteiger partial charge in [0.2, 0.25) is 17.7 Å². The fourth-order valence-corrected chi connectivity index (χ4v) is 5.79. The van der Waals surface area contributed by atoms with Crippen molar-refractivity contribution in [3.05, 3.63) is 109 Å². The van der Waals surface area contributed by atoms with Crippen LogP contribution in [0.1, 0.15) is 35.2 Å². The van der Waals surface area contributed by atoms with Crippen LogP contribution < -0.4 is 16.0 Å². The number of hydrogen-bond acceptors (Lipinski definition) is 8. The summed E-state index contributed by atoms with van der Waals surface area (Å²) in [4.78, 5) is 64.6. The van der Waals surface area contributed by atoms with Crippen LogP contribution in [0.3, 0.4) is 0 Å². The molecule has 1 fully saturated rings. The average Bonchev–Trinajstić information content (AvgIpc) is 3.14. The Bertz CT molecular complexity index is 1880. The fraction of sp³-hybridized carbons (Fsp3) is 0.300. The van der Waals surface area contributed by atoms with Gasteiger partial charge in [-0.05, 0) is 86.9 Å². The first kappa shape index (κ1) is 37.4. The summed E-state index contributed by atoms with van der Waals surface area (Å²) in [6.07, 6.45) is 10.4. The van der Waals surface area contributed by atoms with Gasteiger partial charge in [0.05, 0.1) is 23.8 Å². The molecule has 4 aromatic rings. The first-order valence-electron chi connectivity index (χ1n) is 17.3. The summed E-state index contributed by atoms with van der Waals surface area (Å²) in [6.45, 7) is 1.81. The van der Waals surface area contributed by atoms with Crippen LogP contribution >= 0.6 is 0 Å². The maximum atomic E-state index is 13.0. The smallest absolute Gasteiger partial charge is 0.253 e. The van der Waals surface area contributed by atoms with E-state index in [2.05, 4.69) is 25.9 Å². The zero-order valence-corrected chi connectivity index (χ0v) is 30.1. The van der Waals surface area contributed by atoms with E-state index < -0.39 is 0 Å². The molecular weight excluding hydrogens is 656 g/mol. The molecule has 5 rings (SSSR count). The monoisotopic (exact) mass is 702 g/mol. The average molecular weight is 703 g/mol. The lowest BCUT2D eigenvalue weighted by Crippen LogP contribution is -2.40. The SMILES string of the molecule is CN(C)CC=CC(=O)N1CCC(C(=O)Nc2cccc(CCC(=O)Nc3cncc(Nc4ccc(-c5ccc(C(=O)N(C)C)cc5)cn4)c3)c2)CC1. The van der Waals surface area contributed by atoms with E-state index >= 15 is 0 Å². The minimum atomic E-state index is -0.164. The van der Waals surface area contributed by atoms with Crippen LogP contribution in [0.5, 0.6) is 0 Å². The van der Waals surface area contributed by atoms with Crippen LogP contribution in [0, 0.1) is 5.92 Å². The number of nitrogens with zero attached hydrogens (tertiary/aromatic N) is 5. The van der Waals surface area contributed by atoms with E-state index in [-0.39, 0.29) is 36.0 Å². The van der Waals surface area contributed by atoms with Gasteiger partial charge in [-0.3, -0.25) is 24.2 Å². The molecule has 0 saturated carbocycles. The Kier molecular flexibility index (Phi) is 12.8. The van der Waals surface area contributed by atoms with Crippen molar-refractivity contribution in [2.75, 3.05) is 63.8 Å². The number of rotatable bonds is 13. The Hall–Kier alpha value is -5.88. The number of nitrogens with one attached hydrogen (secondary N) is 3. The van der Waals surface area contributed by atoms with Gasteiger partial charge in [0.15, 0.2) is 0 Å². The van der Waals surface area contributed by atoms with Gasteiger partial charge in [-0.1, -0.05) is 30.3 Å². The van der Waals surface area contributed by atoms with Crippen molar-refractivity contribution < 1.29 is 19.2 Å². The second-order valence-corrected chi connectivity index (χ2v) is 13.3. The van der Waals surface area contributed by atoms with E-state index in [1.165, 1.54) is 0 Å².